The maximum absolute atomic E-state index is 13.6. The average Bonchev–Trinajstić information content (AvgIpc) is 2.98. The summed E-state index contributed by atoms with van der Waals surface area (Å²) in [6.07, 6.45) is 0. The van der Waals surface area contributed by atoms with Gasteiger partial charge in [0.05, 0.1) is 38.4 Å². The van der Waals surface area contributed by atoms with Gasteiger partial charge in [-0.3, -0.25) is 9.59 Å². The number of carbonyl (C=O) groups is 2. The van der Waals surface area contributed by atoms with Gasteiger partial charge in [0.15, 0.2) is 0 Å². The van der Waals surface area contributed by atoms with Crippen LogP contribution in [0.4, 0.5) is 10.1 Å². The van der Waals surface area contributed by atoms with Crippen LogP contribution in [0.15, 0.2) is 101 Å². The predicted octanol–water partition coefficient (Wildman–Crippen LogP) is 5.74. The van der Waals surface area contributed by atoms with Crippen LogP contribution in [-0.4, -0.2) is 16.0 Å². The Kier molecular flexibility index (Phi) is 6.67. The monoisotopic (exact) mass is 518 g/mol. The summed E-state index contributed by atoms with van der Waals surface area (Å²) in [7, 11) is -1.64. The smallest absolute Gasteiger partial charge is 0.259 e. The molecule has 1 N–H and O–H groups in total. The summed E-state index contributed by atoms with van der Waals surface area (Å²) in [5.74, 6) is -1.10. The Morgan fingerprint density at radius 2 is 1.64 bits per heavy atom. The van der Waals surface area contributed by atoms with E-state index in [1.807, 2.05) is 18.2 Å². The zero-order valence-corrected chi connectivity index (χ0v) is 20.5. The van der Waals surface area contributed by atoms with Gasteiger partial charge in [-0.1, -0.05) is 54.1 Å². The fourth-order valence-electron chi connectivity index (χ4n) is 4.05. The second-order valence-corrected chi connectivity index (χ2v) is 10.1. The molecule has 8 heteroatoms. The van der Waals surface area contributed by atoms with E-state index in [0.717, 1.165) is 5.56 Å². The van der Waals surface area contributed by atoms with Crippen LogP contribution in [0, 0.1) is 5.82 Å². The van der Waals surface area contributed by atoms with E-state index in [0.29, 0.717) is 37.2 Å². The summed E-state index contributed by atoms with van der Waals surface area (Å²) in [6.45, 7) is 0.341. The zero-order valence-electron chi connectivity index (χ0n) is 18.9. The second kappa shape index (κ2) is 10.0. The van der Waals surface area contributed by atoms with E-state index >= 15 is 0 Å². The predicted molar refractivity (Wildman–Crippen MR) is 137 cm³/mol. The van der Waals surface area contributed by atoms with E-state index in [1.165, 1.54) is 17.0 Å². The molecule has 1 unspecified atom stereocenters. The Bertz CT molecular complexity index is 1510. The van der Waals surface area contributed by atoms with E-state index in [1.54, 1.807) is 60.7 Å². The molecule has 0 saturated carbocycles. The van der Waals surface area contributed by atoms with Crippen molar-refractivity contribution in [3.63, 3.8) is 0 Å². The van der Waals surface area contributed by atoms with Crippen molar-refractivity contribution < 1.29 is 18.2 Å². The van der Waals surface area contributed by atoms with Crippen molar-refractivity contribution in [2.45, 2.75) is 22.9 Å². The van der Waals surface area contributed by atoms with Crippen LogP contribution in [0.25, 0.3) is 0 Å². The second-order valence-electron chi connectivity index (χ2n) is 8.24. The number of hydrogen-bond acceptors (Lipinski definition) is 3. The lowest BCUT2D eigenvalue weighted by Crippen LogP contribution is -2.31. The van der Waals surface area contributed by atoms with Gasteiger partial charge in [0.2, 0.25) is 0 Å². The molecular formula is C28H20ClFN2O3S. The van der Waals surface area contributed by atoms with Gasteiger partial charge in [-0.25, -0.2) is 8.60 Å². The lowest BCUT2D eigenvalue weighted by Gasteiger charge is -2.23. The minimum Gasteiger partial charge on any atom is -0.348 e. The molecule has 0 aromatic heterocycles. The molecule has 0 spiro atoms. The molecule has 4 aromatic carbocycles. The van der Waals surface area contributed by atoms with E-state index in [-0.39, 0.29) is 30.7 Å². The maximum atomic E-state index is 13.6. The Labute approximate surface area is 215 Å². The number of carbonyl (C=O) groups excluding carboxylic acids is 2. The third kappa shape index (κ3) is 4.67. The number of halogens is 2. The van der Waals surface area contributed by atoms with Crippen molar-refractivity contribution in [3.8, 4) is 0 Å². The maximum Gasteiger partial charge on any atom is 0.259 e. The minimum atomic E-state index is -1.64. The zero-order chi connectivity index (χ0) is 25.2. The Morgan fingerprint density at radius 3 is 2.42 bits per heavy atom. The molecular weight excluding hydrogens is 499 g/mol. The van der Waals surface area contributed by atoms with Crippen molar-refractivity contribution in [1.82, 2.24) is 5.32 Å². The van der Waals surface area contributed by atoms with Crippen molar-refractivity contribution in [3.05, 3.63) is 124 Å². The minimum absolute atomic E-state index is 0.113. The van der Waals surface area contributed by atoms with Gasteiger partial charge in [-0.2, -0.15) is 0 Å². The molecule has 0 saturated heterocycles. The molecule has 2 amide bonds. The van der Waals surface area contributed by atoms with Gasteiger partial charge < -0.3 is 10.2 Å². The summed E-state index contributed by atoms with van der Waals surface area (Å²) in [5, 5.41) is 3.39. The summed E-state index contributed by atoms with van der Waals surface area (Å²) < 4.78 is 27.0. The normalized spacial score (nSPS) is 14.6. The van der Waals surface area contributed by atoms with Gasteiger partial charge in [-0.05, 0) is 59.7 Å². The van der Waals surface area contributed by atoms with Crippen LogP contribution >= 0.6 is 11.6 Å². The highest BCUT2D eigenvalue weighted by Crippen LogP contribution is 2.36. The van der Waals surface area contributed by atoms with Gasteiger partial charge in [0.25, 0.3) is 11.8 Å². The summed E-state index contributed by atoms with van der Waals surface area (Å²) >= 11 is 6.20. The third-order valence-electron chi connectivity index (χ3n) is 5.93. The summed E-state index contributed by atoms with van der Waals surface area (Å²) in [5.41, 5.74) is 2.45. The number of benzene rings is 4. The van der Waals surface area contributed by atoms with Crippen LogP contribution in [0.1, 0.15) is 31.8 Å². The Morgan fingerprint density at radius 1 is 0.917 bits per heavy atom. The van der Waals surface area contributed by atoms with Crippen LogP contribution in [0.3, 0.4) is 0 Å². The van der Waals surface area contributed by atoms with E-state index in [9.17, 15) is 18.2 Å². The highest BCUT2D eigenvalue weighted by molar-refractivity contribution is 7.85. The summed E-state index contributed by atoms with van der Waals surface area (Å²) in [4.78, 5) is 29.0. The van der Waals surface area contributed by atoms with E-state index in [4.69, 9.17) is 11.6 Å². The standard InChI is InChI=1S/C28H20ClFN2O3S/c29-23-7-3-1-5-20(23)16-31-27(33)19-11-14-26-24(15-19)32(17-18-9-12-21(30)13-10-18)28(34)22-6-2-4-8-25(22)36(26)35/h1-15H,16-17H2,(H,31,33). The summed E-state index contributed by atoms with van der Waals surface area (Å²) in [6, 6.07) is 24.6. The van der Waals surface area contributed by atoms with Crippen molar-refractivity contribution in [2.75, 3.05) is 4.90 Å². The molecule has 1 aliphatic heterocycles. The SMILES string of the molecule is O=C(NCc1ccccc1Cl)c1ccc2c(c1)N(Cc1ccc(F)cc1)C(=O)c1ccccc1S2=O. The first kappa shape index (κ1) is 23.9. The van der Waals surface area contributed by atoms with E-state index < -0.39 is 10.8 Å². The molecule has 180 valence electrons. The molecule has 0 radical (unpaired) electrons. The number of fused-ring (bicyclic) bond motifs is 2. The highest BCUT2D eigenvalue weighted by atomic mass is 35.5. The Hall–Kier alpha value is -3.81. The average molecular weight is 519 g/mol. The lowest BCUT2D eigenvalue weighted by molar-refractivity contribution is 0.0947. The molecule has 0 fully saturated rings. The van der Waals surface area contributed by atoms with Crippen LogP contribution in [-0.2, 0) is 23.9 Å². The molecule has 0 aliphatic carbocycles. The molecule has 5 nitrogen and oxygen atoms in total. The Balaban J connectivity index is 1.53. The number of nitrogens with zero attached hydrogens (tertiary/aromatic N) is 1. The molecule has 4 aromatic rings. The lowest BCUT2D eigenvalue weighted by atomic mass is 10.1. The topological polar surface area (TPSA) is 66.5 Å². The molecule has 1 atom stereocenters. The molecule has 1 aliphatic rings. The largest absolute Gasteiger partial charge is 0.348 e. The number of hydrogen-bond donors (Lipinski definition) is 1. The van der Waals surface area contributed by atoms with Gasteiger partial charge in [-0.15, -0.1) is 0 Å². The molecule has 5 rings (SSSR count). The third-order valence-corrected chi connectivity index (χ3v) is 7.79. The molecule has 0 bridgehead atoms. The van der Waals surface area contributed by atoms with Crippen molar-refractivity contribution in [2.24, 2.45) is 0 Å². The quantitative estimate of drug-likeness (QED) is 0.366. The van der Waals surface area contributed by atoms with Crippen LogP contribution < -0.4 is 10.2 Å². The number of anilines is 1. The van der Waals surface area contributed by atoms with Gasteiger partial charge >= 0.3 is 0 Å². The van der Waals surface area contributed by atoms with E-state index in [2.05, 4.69) is 5.32 Å². The first-order valence-electron chi connectivity index (χ1n) is 11.1. The first-order chi connectivity index (χ1) is 17.4. The number of nitrogens with one attached hydrogen (secondary N) is 1. The van der Waals surface area contributed by atoms with Crippen molar-refractivity contribution >= 4 is 39.9 Å². The fraction of sp³-hybridized carbons (Fsp3) is 0.0714. The molecule has 36 heavy (non-hydrogen) atoms. The van der Waals surface area contributed by atoms with Crippen LogP contribution in [0.5, 0.6) is 0 Å². The molecule has 1 heterocycles. The number of rotatable bonds is 5. The fourth-order valence-corrected chi connectivity index (χ4v) is 5.60. The highest BCUT2D eigenvalue weighted by Gasteiger charge is 2.31. The van der Waals surface area contributed by atoms with Gasteiger partial charge in [0, 0.05) is 17.1 Å². The number of amides is 2. The first-order valence-corrected chi connectivity index (χ1v) is 12.7. The van der Waals surface area contributed by atoms with Crippen molar-refractivity contribution in [1.29, 1.82) is 0 Å². The van der Waals surface area contributed by atoms with Crippen LogP contribution in [0.2, 0.25) is 5.02 Å². The van der Waals surface area contributed by atoms with Gasteiger partial charge in [0.1, 0.15) is 5.82 Å².